The summed E-state index contributed by atoms with van der Waals surface area (Å²) in [4.78, 5) is 38.3. The predicted octanol–water partition coefficient (Wildman–Crippen LogP) is 6.22. The largest absolute Gasteiger partial charge is 0.456 e. The fourth-order valence-electron chi connectivity index (χ4n) is 5.68. The molecule has 0 fully saturated rings. The van der Waals surface area contributed by atoms with Crippen molar-refractivity contribution in [2.75, 3.05) is 23.8 Å². The molecule has 0 aromatic heterocycles. The molecule has 0 radical (unpaired) electrons. The van der Waals surface area contributed by atoms with E-state index in [1.165, 1.54) is 43.3 Å². The Bertz CT molecular complexity index is 1680. The monoisotopic (exact) mass is 655 g/mol. The van der Waals surface area contributed by atoms with E-state index in [4.69, 9.17) is 14.2 Å². The molecule has 47 heavy (non-hydrogen) atoms. The van der Waals surface area contributed by atoms with Gasteiger partial charge < -0.3 is 35.3 Å². The topological polar surface area (TPSA) is 135 Å². The van der Waals surface area contributed by atoms with Crippen LogP contribution in [0.5, 0.6) is 11.5 Å². The second-order valence-corrected chi connectivity index (χ2v) is 11.7. The highest BCUT2D eigenvalue weighted by Gasteiger charge is 2.54. The first-order chi connectivity index (χ1) is 22.3. The molecule has 2 aliphatic rings. The Kier molecular flexibility index (Phi) is 9.78. The second-order valence-electron chi connectivity index (χ2n) is 11.7. The summed E-state index contributed by atoms with van der Waals surface area (Å²) in [6, 6.07) is 13.3. The molecule has 250 valence electrons. The van der Waals surface area contributed by atoms with E-state index in [1.54, 1.807) is 18.2 Å². The molecular formula is C34H36F3N3O7. The molecule has 10 nitrogen and oxygen atoms in total. The van der Waals surface area contributed by atoms with E-state index in [-0.39, 0.29) is 51.8 Å². The highest BCUT2D eigenvalue weighted by atomic mass is 19.4. The van der Waals surface area contributed by atoms with E-state index in [0.717, 1.165) is 25.7 Å². The summed E-state index contributed by atoms with van der Waals surface area (Å²) in [5.74, 6) is -1.18. The van der Waals surface area contributed by atoms with Crippen molar-refractivity contribution in [1.82, 2.24) is 5.32 Å². The fraction of sp³-hybridized carbons (Fsp3) is 0.382. The fourth-order valence-corrected chi connectivity index (χ4v) is 5.68. The third-order valence-electron chi connectivity index (χ3n) is 7.81. The van der Waals surface area contributed by atoms with Crippen LogP contribution in [0.4, 0.5) is 24.5 Å². The number of carbonyl (C=O) groups is 3. The zero-order valence-corrected chi connectivity index (χ0v) is 26.1. The number of aliphatic hydroxyl groups is 1. The van der Waals surface area contributed by atoms with Crippen LogP contribution < -0.4 is 20.7 Å². The smallest absolute Gasteiger partial charge is 0.433 e. The number of nitrogens with one attached hydrogen (secondary N) is 3. The first-order valence-corrected chi connectivity index (χ1v) is 15.3. The van der Waals surface area contributed by atoms with E-state index in [0.29, 0.717) is 30.0 Å². The van der Waals surface area contributed by atoms with Crippen molar-refractivity contribution in [3.05, 3.63) is 82.4 Å². The van der Waals surface area contributed by atoms with E-state index in [1.807, 2.05) is 19.2 Å². The summed E-state index contributed by atoms with van der Waals surface area (Å²) >= 11 is 0. The SMILES string of the molecule is CC(=O)Nc1ccc2c(c1)Oc1cc(NC(O)C(F)(F)F)ccc1C21OC(=O)c2ccc(C(=O)NCCCCCCOC(C)C)cc21. The van der Waals surface area contributed by atoms with Crippen LogP contribution in [0.25, 0.3) is 0 Å². The van der Waals surface area contributed by atoms with Crippen molar-refractivity contribution in [3.63, 3.8) is 0 Å². The number of fused-ring (bicyclic) bond motifs is 6. The summed E-state index contributed by atoms with van der Waals surface area (Å²) < 4.78 is 57.0. The van der Waals surface area contributed by atoms with E-state index in [2.05, 4.69) is 10.6 Å². The van der Waals surface area contributed by atoms with Gasteiger partial charge in [0, 0.05) is 65.8 Å². The summed E-state index contributed by atoms with van der Waals surface area (Å²) in [6.45, 7) is 6.45. The number of aliphatic hydroxyl groups excluding tert-OH is 1. The summed E-state index contributed by atoms with van der Waals surface area (Å²) in [5.41, 5.74) is 0.0927. The molecule has 0 aliphatic carbocycles. The average molecular weight is 656 g/mol. The minimum atomic E-state index is -4.93. The Balaban J connectivity index is 1.47. The third-order valence-corrected chi connectivity index (χ3v) is 7.81. The van der Waals surface area contributed by atoms with Gasteiger partial charge in [0.1, 0.15) is 11.5 Å². The highest BCUT2D eigenvalue weighted by Crippen LogP contribution is 2.57. The van der Waals surface area contributed by atoms with Crippen LogP contribution in [0.2, 0.25) is 0 Å². The number of ether oxygens (including phenoxy) is 3. The number of anilines is 2. The average Bonchev–Trinajstić information content (AvgIpc) is 3.29. The van der Waals surface area contributed by atoms with Gasteiger partial charge in [-0.3, -0.25) is 9.59 Å². The zero-order chi connectivity index (χ0) is 33.9. The molecule has 2 aliphatic heterocycles. The Hall–Kier alpha value is -4.62. The minimum Gasteiger partial charge on any atom is -0.456 e. The number of unbranched alkanes of at least 4 members (excludes halogenated alkanes) is 3. The van der Waals surface area contributed by atoms with E-state index in [9.17, 15) is 32.7 Å². The number of halogens is 3. The van der Waals surface area contributed by atoms with Crippen LogP contribution in [0.15, 0.2) is 54.6 Å². The number of esters is 1. The molecule has 2 atom stereocenters. The lowest BCUT2D eigenvalue weighted by atomic mass is 9.77. The maximum absolute atomic E-state index is 13.3. The number of hydrogen-bond acceptors (Lipinski definition) is 8. The maximum atomic E-state index is 13.3. The van der Waals surface area contributed by atoms with Crippen molar-refractivity contribution in [3.8, 4) is 11.5 Å². The molecule has 1 spiro atoms. The van der Waals surface area contributed by atoms with E-state index >= 15 is 0 Å². The van der Waals surface area contributed by atoms with Gasteiger partial charge >= 0.3 is 12.1 Å². The number of carbonyl (C=O) groups excluding carboxylic acids is 3. The van der Waals surface area contributed by atoms with Crippen molar-refractivity contribution in [1.29, 1.82) is 0 Å². The Morgan fingerprint density at radius 3 is 2.23 bits per heavy atom. The Morgan fingerprint density at radius 1 is 0.915 bits per heavy atom. The van der Waals surface area contributed by atoms with Gasteiger partial charge in [-0.2, -0.15) is 13.2 Å². The van der Waals surface area contributed by atoms with Gasteiger partial charge in [0.05, 0.1) is 11.7 Å². The molecule has 2 unspecified atom stereocenters. The first kappa shape index (κ1) is 33.7. The molecule has 4 N–H and O–H groups in total. The molecule has 0 saturated heterocycles. The lowest BCUT2D eigenvalue weighted by Crippen LogP contribution is -2.36. The van der Waals surface area contributed by atoms with Crippen molar-refractivity contribution in [2.24, 2.45) is 0 Å². The molecule has 3 aromatic carbocycles. The Labute approximate surface area is 269 Å². The number of rotatable bonds is 12. The number of hydrogen-bond donors (Lipinski definition) is 4. The maximum Gasteiger partial charge on any atom is 0.433 e. The van der Waals surface area contributed by atoms with Gasteiger partial charge in [-0.15, -0.1) is 0 Å². The van der Waals surface area contributed by atoms with Crippen molar-refractivity contribution < 1.29 is 46.9 Å². The van der Waals surface area contributed by atoms with Crippen LogP contribution >= 0.6 is 0 Å². The normalized spacial score (nSPS) is 16.9. The van der Waals surface area contributed by atoms with Gasteiger partial charge in [0.25, 0.3) is 5.91 Å². The highest BCUT2D eigenvalue weighted by molar-refractivity contribution is 6.01. The molecular weight excluding hydrogens is 619 g/mol. The van der Waals surface area contributed by atoms with E-state index < -0.39 is 24.0 Å². The molecule has 3 aromatic rings. The molecule has 2 amide bonds. The van der Waals surface area contributed by atoms with Gasteiger partial charge in [0.2, 0.25) is 12.1 Å². The molecule has 0 bridgehead atoms. The second kappa shape index (κ2) is 13.6. The lowest BCUT2D eigenvalue weighted by molar-refractivity contribution is -0.194. The molecule has 5 rings (SSSR count). The van der Waals surface area contributed by atoms with Crippen LogP contribution in [0.3, 0.4) is 0 Å². The third kappa shape index (κ3) is 7.20. The Morgan fingerprint density at radius 2 is 1.57 bits per heavy atom. The summed E-state index contributed by atoms with van der Waals surface area (Å²) in [7, 11) is 0. The first-order valence-electron chi connectivity index (χ1n) is 15.3. The van der Waals surface area contributed by atoms with Gasteiger partial charge in [0.15, 0.2) is 5.60 Å². The lowest BCUT2D eigenvalue weighted by Gasteiger charge is -2.37. The van der Waals surface area contributed by atoms with Gasteiger partial charge in [-0.1, -0.05) is 12.8 Å². The van der Waals surface area contributed by atoms with Crippen molar-refractivity contribution >= 4 is 29.2 Å². The number of benzene rings is 3. The van der Waals surface area contributed by atoms with Crippen LogP contribution in [0, 0.1) is 0 Å². The van der Waals surface area contributed by atoms with Crippen LogP contribution in [0.1, 0.15) is 83.9 Å². The minimum absolute atomic E-state index is 0.0335. The standard InChI is InChI=1S/C34H36F3N3O7/c1-19(2)45-15-7-5-4-6-14-38-30(42)21-8-11-24-27(16-21)33(47-31(24)43)25-12-9-22(39-20(3)41)17-28(25)46-29-18-23(10-13-26(29)33)40-32(44)34(35,36)37/h8-13,16-19,32,40,44H,4-7,14-15H2,1-3H3,(H,38,42)(H,39,41). The summed E-state index contributed by atoms with van der Waals surface area (Å²) in [5, 5.41) is 17.2. The molecule has 13 heteroatoms. The quantitative estimate of drug-likeness (QED) is 0.103. The van der Waals surface area contributed by atoms with Crippen LogP contribution in [-0.2, 0) is 19.9 Å². The number of alkyl halides is 3. The zero-order valence-electron chi connectivity index (χ0n) is 26.1. The van der Waals surface area contributed by atoms with Gasteiger partial charge in [-0.05, 0) is 69.2 Å². The number of amides is 2. The van der Waals surface area contributed by atoms with Crippen molar-refractivity contribution in [2.45, 2.75) is 70.6 Å². The predicted molar refractivity (Wildman–Crippen MR) is 167 cm³/mol. The molecule has 0 saturated carbocycles. The van der Waals surface area contributed by atoms with Gasteiger partial charge in [-0.25, -0.2) is 4.79 Å². The molecule has 2 heterocycles. The summed E-state index contributed by atoms with van der Waals surface area (Å²) in [6.07, 6.45) is -3.98. The van der Waals surface area contributed by atoms with Crippen LogP contribution in [-0.4, -0.2) is 54.5 Å².